The second-order valence-electron chi connectivity index (χ2n) is 5.49. The number of carbonyl (C=O) groups excluding carboxylic acids is 1. The molecule has 0 spiro atoms. The molecule has 0 amide bonds. The number of allylic oxidation sites excluding steroid dienone is 2. The summed E-state index contributed by atoms with van der Waals surface area (Å²) in [7, 11) is 1.04. The van der Waals surface area contributed by atoms with Gasteiger partial charge in [-0.1, -0.05) is 34.8 Å². The second-order valence-corrected chi connectivity index (χ2v) is 6.66. The summed E-state index contributed by atoms with van der Waals surface area (Å²) in [6, 6.07) is 4.32. The molecule has 0 atom stereocenters. The molecular weight excluding hydrogens is 484 g/mol. The molecule has 31 heavy (non-hydrogen) atoms. The van der Waals surface area contributed by atoms with Crippen molar-refractivity contribution in [2.45, 2.75) is 6.18 Å². The molecule has 0 unspecified atom stereocenters. The van der Waals surface area contributed by atoms with Gasteiger partial charge in [-0.25, -0.2) is 14.5 Å². The zero-order chi connectivity index (χ0) is 23.5. The first-order valence-electron chi connectivity index (χ1n) is 7.73. The Labute approximate surface area is 187 Å². The fourth-order valence-corrected chi connectivity index (χ4v) is 3.10. The van der Waals surface area contributed by atoms with Crippen molar-refractivity contribution in [2.24, 2.45) is 10.7 Å². The monoisotopic (exact) mass is 490 g/mol. The Bertz CT molecular complexity index is 1180. The van der Waals surface area contributed by atoms with Gasteiger partial charge in [-0.2, -0.15) is 28.8 Å². The minimum Gasteiger partial charge on any atom is -0.464 e. The largest absolute Gasteiger partial charge is 0.464 e. The van der Waals surface area contributed by atoms with E-state index in [1.54, 1.807) is 6.07 Å². The molecule has 8 nitrogen and oxygen atoms in total. The third-order valence-electron chi connectivity index (χ3n) is 3.60. The lowest BCUT2D eigenvalue weighted by atomic mass is 10.2. The molecule has 0 fully saturated rings. The number of esters is 1. The first-order valence-corrected chi connectivity index (χ1v) is 8.87. The van der Waals surface area contributed by atoms with Gasteiger partial charge in [0.15, 0.2) is 11.4 Å². The van der Waals surface area contributed by atoms with E-state index in [9.17, 15) is 18.0 Å². The molecule has 1 heterocycles. The van der Waals surface area contributed by atoms with Crippen molar-refractivity contribution in [3.05, 3.63) is 55.5 Å². The maximum atomic E-state index is 13.0. The summed E-state index contributed by atoms with van der Waals surface area (Å²) in [5.41, 5.74) is 2.39. The van der Waals surface area contributed by atoms with Gasteiger partial charge in [-0.3, -0.25) is 0 Å². The molecule has 0 bridgehead atoms. The minimum atomic E-state index is -4.71. The molecule has 2 N–H and O–H groups in total. The van der Waals surface area contributed by atoms with Crippen LogP contribution < -0.4 is 5.73 Å². The number of hydrogen-bond donors (Lipinski definition) is 1. The zero-order valence-corrected chi connectivity index (χ0v) is 17.4. The van der Waals surface area contributed by atoms with Gasteiger partial charge in [0, 0.05) is 6.21 Å². The van der Waals surface area contributed by atoms with E-state index in [0.717, 1.165) is 18.0 Å². The Morgan fingerprint density at radius 3 is 2.29 bits per heavy atom. The van der Waals surface area contributed by atoms with Crippen molar-refractivity contribution in [1.82, 2.24) is 9.78 Å². The van der Waals surface area contributed by atoms with Crippen molar-refractivity contribution in [3.63, 3.8) is 0 Å². The van der Waals surface area contributed by atoms with Gasteiger partial charge in [0.1, 0.15) is 28.7 Å². The molecule has 2 rings (SSSR count). The number of rotatable bonds is 4. The van der Waals surface area contributed by atoms with Crippen molar-refractivity contribution in [2.75, 3.05) is 7.11 Å². The third kappa shape index (κ3) is 4.91. The van der Waals surface area contributed by atoms with Crippen LogP contribution in [0.5, 0.6) is 0 Å². The Hall–Kier alpha value is -3.25. The molecule has 0 aliphatic rings. The van der Waals surface area contributed by atoms with Crippen LogP contribution in [0.2, 0.25) is 15.2 Å². The highest BCUT2D eigenvalue weighted by atomic mass is 35.5. The first-order chi connectivity index (χ1) is 14.5. The van der Waals surface area contributed by atoms with Gasteiger partial charge in [-0.15, -0.1) is 0 Å². The molecule has 0 saturated heterocycles. The number of carbonyl (C=O) groups is 1. The summed E-state index contributed by atoms with van der Waals surface area (Å²) in [5, 5.41) is 20.4. The van der Waals surface area contributed by atoms with E-state index in [-0.39, 0.29) is 16.4 Å². The number of hydrogen-bond acceptors (Lipinski definition) is 7. The molecule has 1 aromatic heterocycles. The lowest BCUT2D eigenvalue weighted by Crippen LogP contribution is -2.08. The van der Waals surface area contributed by atoms with Crippen LogP contribution in [0.1, 0.15) is 21.6 Å². The highest BCUT2D eigenvalue weighted by Crippen LogP contribution is 2.39. The number of halogens is 6. The number of ether oxygens (including phenoxy) is 1. The molecule has 0 radical (unpaired) electrons. The average Bonchev–Trinajstić information content (AvgIpc) is 3.02. The quantitative estimate of drug-likeness (QED) is 0.386. The fourth-order valence-electron chi connectivity index (χ4n) is 2.19. The predicted octanol–water partition coefficient (Wildman–Crippen LogP) is 4.27. The summed E-state index contributed by atoms with van der Waals surface area (Å²) in [6.45, 7) is 0. The van der Waals surface area contributed by atoms with E-state index in [0.29, 0.717) is 12.1 Å². The molecule has 0 aliphatic heterocycles. The van der Waals surface area contributed by atoms with Crippen LogP contribution in [-0.2, 0) is 10.9 Å². The number of nitrogens with two attached hydrogens (primary N) is 1. The van der Waals surface area contributed by atoms with Crippen LogP contribution >= 0.6 is 34.8 Å². The second kappa shape index (κ2) is 9.27. The number of alkyl halides is 3. The summed E-state index contributed by atoms with van der Waals surface area (Å²) < 4.78 is 44.3. The molecule has 0 aliphatic carbocycles. The minimum absolute atomic E-state index is 0.195. The number of benzene rings is 1. The first kappa shape index (κ1) is 24.0. The van der Waals surface area contributed by atoms with Crippen LogP contribution in [-0.4, -0.2) is 29.1 Å². The van der Waals surface area contributed by atoms with Crippen LogP contribution in [0.3, 0.4) is 0 Å². The highest BCUT2D eigenvalue weighted by Gasteiger charge is 2.33. The van der Waals surface area contributed by atoms with E-state index in [2.05, 4.69) is 14.8 Å². The predicted molar refractivity (Wildman–Crippen MR) is 105 cm³/mol. The summed E-state index contributed by atoms with van der Waals surface area (Å²) in [6.07, 6.45) is -3.80. The Morgan fingerprint density at radius 1 is 1.26 bits per heavy atom. The Morgan fingerprint density at radius 2 is 1.84 bits per heavy atom. The van der Waals surface area contributed by atoms with Crippen LogP contribution in [0, 0.1) is 22.7 Å². The van der Waals surface area contributed by atoms with E-state index in [1.807, 2.05) is 0 Å². The lowest BCUT2D eigenvalue weighted by molar-refractivity contribution is -0.137. The molecule has 1 aromatic carbocycles. The molecule has 160 valence electrons. The van der Waals surface area contributed by atoms with Gasteiger partial charge in [-0.05, 0) is 12.1 Å². The van der Waals surface area contributed by atoms with Crippen molar-refractivity contribution in [3.8, 4) is 17.8 Å². The van der Waals surface area contributed by atoms with Gasteiger partial charge >= 0.3 is 12.1 Å². The highest BCUT2D eigenvalue weighted by molar-refractivity contribution is 6.38. The standard InChI is InChI=1S/C17H8Cl3F3N6O2/c1-31-16(30)13-8(6-27-12(5-25)11(26)4-24)15(20)29(28-13)14-9(18)2-7(3-10(14)19)17(21,22)23/h2-3,6H,26H2,1H3/b12-11-,27-6+. The number of nitrogens with zero attached hydrogens (tertiary/aromatic N) is 5. The van der Waals surface area contributed by atoms with Gasteiger partial charge < -0.3 is 10.5 Å². The maximum Gasteiger partial charge on any atom is 0.416 e. The topological polar surface area (TPSA) is 130 Å². The SMILES string of the molecule is COC(=O)c1nn(-c2c(Cl)cc(C(F)(F)F)cc2Cl)c(Cl)c1/C=N/C(C#N)=C(\N)C#N. The van der Waals surface area contributed by atoms with Gasteiger partial charge in [0.05, 0.1) is 28.3 Å². The fraction of sp³-hybridized carbons (Fsp3) is 0.118. The van der Waals surface area contributed by atoms with E-state index < -0.39 is 44.8 Å². The lowest BCUT2D eigenvalue weighted by Gasteiger charge is -2.12. The van der Waals surface area contributed by atoms with Gasteiger partial charge in [0.2, 0.25) is 0 Å². The summed E-state index contributed by atoms with van der Waals surface area (Å²) in [4.78, 5) is 15.8. The van der Waals surface area contributed by atoms with Crippen LogP contribution in [0.4, 0.5) is 13.2 Å². The number of methoxy groups -OCH3 is 1. The zero-order valence-electron chi connectivity index (χ0n) is 15.1. The summed E-state index contributed by atoms with van der Waals surface area (Å²) >= 11 is 18.2. The number of nitriles is 2. The molecular formula is C17H8Cl3F3N6O2. The number of aliphatic imine (C=N–C) groups is 1. The molecule has 0 saturated carbocycles. The van der Waals surface area contributed by atoms with Crippen molar-refractivity contribution in [1.29, 1.82) is 10.5 Å². The molecule has 2 aromatic rings. The van der Waals surface area contributed by atoms with Crippen molar-refractivity contribution >= 4 is 47.0 Å². The van der Waals surface area contributed by atoms with Crippen molar-refractivity contribution < 1.29 is 22.7 Å². The van der Waals surface area contributed by atoms with E-state index in [4.69, 9.17) is 51.1 Å². The molecule has 14 heteroatoms. The average molecular weight is 492 g/mol. The Balaban J connectivity index is 2.75. The smallest absolute Gasteiger partial charge is 0.416 e. The number of aromatic nitrogens is 2. The normalized spacial score (nSPS) is 12.3. The van der Waals surface area contributed by atoms with Gasteiger partial charge in [0.25, 0.3) is 0 Å². The van der Waals surface area contributed by atoms with Crippen LogP contribution in [0.25, 0.3) is 5.69 Å². The summed E-state index contributed by atoms with van der Waals surface area (Å²) in [5.74, 6) is -0.989. The maximum absolute atomic E-state index is 13.0. The Kier molecular flexibility index (Phi) is 7.18. The van der Waals surface area contributed by atoms with Crippen LogP contribution in [0.15, 0.2) is 28.5 Å². The van der Waals surface area contributed by atoms with E-state index >= 15 is 0 Å². The third-order valence-corrected chi connectivity index (χ3v) is 4.54. The van der Waals surface area contributed by atoms with E-state index in [1.165, 1.54) is 6.07 Å².